The summed E-state index contributed by atoms with van der Waals surface area (Å²) in [5, 5.41) is 2.52. The van der Waals surface area contributed by atoms with Crippen molar-refractivity contribution in [2.45, 2.75) is 0 Å². The van der Waals surface area contributed by atoms with Crippen LogP contribution in [0.2, 0.25) is 0 Å². The van der Waals surface area contributed by atoms with Gasteiger partial charge in [-0.15, -0.1) is 0 Å². The van der Waals surface area contributed by atoms with Crippen LogP contribution in [-0.2, 0) is 0 Å². The Morgan fingerprint density at radius 1 is 0.321 bits per heavy atom. The van der Waals surface area contributed by atoms with Gasteiger partial charge in [0.25, 0.3) is 0 Å². The Hall–Kier alpha value is -7.17. The van der Waals surface area contributed by atoms with Crippen LogP contribution in [0.15, 0.2) is 206 Å². The zero-order valence-corrected chi connectivity index (χ0v) is 28.9. The summed E-state index contributed by atoms with van der Waals surface area (Å²) in [6, 6.07) is 73.2. The van der Waals surface area contributed by atoms with Gasteiger partial charge in [0.05, 0.1) is 22.1 Å². The molecule has 4 nitrogen and oxygen atoms in total. The maximum atomic E-state index is 5.11. The smallest absolute Gasteiger partial charge is 0.145 e. The molecule has 8 aromatic carbocycles. The molecule has 2 heterocycles. The van der Waals surface area contributed by atoms with Crippen LogP contribution in [0.5, 0.6) is 0 Å². The predicted molar refractivity (Wildman–Crippen MR) is 221 cm³/mol. The van der Waals surface area contributed by atoms with Gasteiger partial charge >= 0.3 is 0 Å². The van der Waals surface area contributed by atoms with Crippen LogP contribution in [0.1, 0.15) is 0 Å². The number of anilines is 3. The fourth-order valence-electron chi connectivity index (χ4n) is 7.65. The molecule has 0 amide bonds. The Bertz CT molecular complexity index is 2800. The van der Waals surface area contributed by atoms with Gasteiger partial charge in [-0.05, 0) is 108 Å². The molecule has 0 aliphatic heterocycles. The van der Waals surface area contributed by atoms with E-state index in [-0.39, 0.29) is 0 Å². The molecule has 0 N–H and O–H groups in total. The summed E-state index contributed by atoms with van der Waals surface area (Å²) >= 11 is 0. The van der Waals surface area contributed by atoms with Gasteiger partial charge in [-0.25, -0.2) is 4.98 Å². The number of nitrogens with zero attached hydrogens (tertiary/aromatic N) is 4. The zero-order chi connectivity index (χ0) is 35.1. The highest BCUT2D eigenvalue weighted by Gasteiger charge is 2.18. The Balaban J connectivity index is 1.08. The fraction of sp³-hybridized carbons (Fsp3) is 0. The second kappa shape index (κ2) is 12.9. The standard InChI is InChI=1S/C49H34N4/c1-3-13-35(14-4-1)36-23-27-39(28-24-36)51(41-31-33-42(34-32-41)52-46-20-10-7-17-43(46)44-18-8-11-21-47(44)52)40-29-25-37(26-30-40)49-50-45-19-9-12-22-48(45)53(49)38-15-5-2-6-16-38/h1-34H. The highest BCUT2D eigenvalue weighted by atomic mass is 15.1. The van der Waals surface area contributed by atoms with Crippen LogP contribution in [0.3, 0.4) is 0 Å². The molecule has 10 aromatic rings. The largest absolute Gasteiger partial charge is 0.311 e. The SMILES string of the molecule is c1ccc(-c2ccc(N(c3ccc(-c4nc5ccccc5n4-c4ccccc4)cc3)c3ccc(-n4c5ccccc5c5ccccc54)cc3)cc2)cc1. The van der Waals surface area contributed by atoms with Gasteiger partial charge in [-0.2, -0.15) is 0 Å². The minimum absolute atomic E-state index is 0.915. The summed E-state index contributed by atoms with van der Waals surface area (Å²) in [7, 11) is 0. The van der Waals surface area contributed by atoms with Crippen molar-refractivity contribution in [1.82, 2.24) is 14.1 Å². The molecule has 0 aliphatic carbocycles. The first kappa shape index (κ1) is 30.6. The summed E-state index contributed by atoms with van der Waals surface area (Å²) < 4.78 is 4.61. The molecule has 0 spiro atoms. The van der Waals surface area contributed by atoms with Crippen molar-refractivity contribution < 1.29 is 0 Å². The molecular formula is C49H34N4. The van der Waals surface area contributed by atoms with E-state index in [1.165, 1.54) is 32.9 Å². The van der Waals surface area contributed by atoms with Crippen LogP contribution in [0.4, 0.5) is 17.1 Å². The first-order chi connectivity index (χ1) is 26.3. The summed E-state index contributed by atoms with van der Waals surface area (Å²) in [5.41, 5.74) is 13.3. The molecule has 0 saturated heterocycles. The lowest BCUT2D eigenvalue weighted by atomic mass is 10.0. The second-order valence-electron chi connectivity index (χ2n) is 13.3. The number of hydrogen-bond acceptors (Lipinski definition) is 2. The highest BCUT2D eigenvalue weighted by molar-refractivity contribution is 6.09. The van der Waals surface area contributed by atoms with Crippen molar-refractivity contribution in [2.24, 2.45) is 0 Å². The number of hydrogen-bond donors (Lipinski definition) is 0. The Morgan fingerprint density at radius 2 is 0.755 bits per heavy atom. The lowest BCUT2D eigenvalue weighted by molar-refractivity contribution is 1.10. The molecule has 250 valence electrons. The van der Waals surface area contributed by atoms with Gasteiger partial charge in [0, 0.05) is 44.8 Å². The topological polar surface area (TPSA) is 26.0 Å². The fourth-order valence-corrected chi connectivity index (χ4v) is 7.65. The van der Waals surface area contributed by atoms with E-state index in [1.807, 2.05) is 12.1 Å². The third-order valence-corrected chi connectivity index (χ3v) is 10.1. The Labute approximate surface area is 308 Å². The van der Waals surface area contributed by atoms with Crippen LogP contribution < -0.4 is 4.90 Å². The molecule has 0 bridgehead atoms. The molecule has 0 aliphatic rings. The van der Waals surface area contributed by atoms with Crippen LogP contribution in [0.25, 0.3) is 66.7 Å². The van der Waals surface area contributed by atoms with E-state index >= 15 is 0 Å². The van der Waals surface area contributed by atoms with Crippen molar-refractivity contribution in [3.63, 3.8) is 0 Å². The predicted octanol–water partition coefficient (Wildman–Crippen LogP) is 12.9. The number of fused-ring (bicyclic) bond motifs is 4. The van der Waals surface area contributed by atoms with Crippen molar-refractivity contribution >= 4 is 49.9 Å². The number of rotatable bonds is 7. The molecule has 0 fully saturated rings. The number of imidazole rings is 1. The maximum absolute atomic E-state index is 5.11. The van der Waals surface area contributed by atoms with Crippen molar-refractivity contribution in [1.29, 1.82) is 0 Å². The van der Waals surface area contributed by atoms with Crippen LogP contribution in [0, 0.1) is 0 Å². The van der Waals surface area contributed by atoms with Crippen molar-refractivity contribution in [2.75, 3.05) is 4.90 Å². The van der Waals surface area contributed by atoms with Gasteiger partial charge in [0.2, 0.25) is 0 Å². The normalized spacial score (nSPS) is 11.4. The monoisotopic (exact) mass is 678 g/mol. The molecule has 0 unspecified atom stereocenters. The van der Waals surface area contributed by atoms with E-state index in [0.717, 1.165) is 50.9 Å². The van der Waals surface area contributed by atoms with E-state index in [4.69, 9.17) is 4.98 Å². The van der Waals surface area contributed by atoms with Gasteiger partial charge in [0.1, 0.15) is 5.82 Å². The van der Waals surface area contributed by atoms with Gasteiger partial charge in [-0.3, -0.25) is 4.57 Å². The maximum Gasteiger partial charge on any atom is 0.145 e. The average molecular weight is 679 g/mol. The zero-order valence-electron chi connectivity index (χ0n) is 28.9. The first-order valence-electron chi connectivity index (χ1n) is 18.0. The minimum Gasteiger partial charge on any atom is -0.311 e. The number of para-hydroxylation sites is 5. The summed E-state index contributed by atoms with van der Waals surface area (Å²) in [6.07, 6.45) is 0. The van der Waals surface area contributed by atoms with E-state index in [9.17, 15) is 0 Å². The van der Waals surface area contributed by atoms with E-state index in [1.54, 1.807) is 0 Å². The number of benzene rings is 8. The van der Waals surface area contributed by atoms with Gasteiger partial charge in [0.15, 0.2) is 0 Å². The van der Waals surface area contributed by atoms with Crippen molar-refractivity contribution in [3.8, 4) is 33.9 Å². The second-order valence-corrected chi connectivity index (χ2v) is 13.3. The summed E-state index contributed by atoms with van der Waals surface area (Å²) in [6.45, 7) is 0. The van der Waals surface area contributed by atoms with E-state index in [0.29, 0.717) is 0 Å². The molecular weight excluding hydrogens is 645 g/mol. The van der Waals surface area contributed by atoms with Crippen LogP contribution >= 0.6 is 0 Å². The van der Waals surface area contributed by atoms with E-state index in [2.05, 4.69) is 208 Å². The Kier molecular flexibility index (Phi) is 7.43. The molecule has 2 aromatic heterocycles. The van der Waals surface area contributed by atoms with Crippen molar-refractivity contribution in [3.05, 3.63) is 206 Å². The first-order valence-corrected chi connectivity index (χ1v) is 18.0. The van der Waals surface area contributed by atoms with Gasteiger partial charge < -0.3 is 9.47 Å². The summed E-state index contributed by atoms with van der Waals surface area (Å²) in [5.74, 6) is 0.915. The molecule has 0 radical (unpaired) electrons. The third-order valence-electron chi connectivity index (χ3n) is 10.1. The molecule has 0 saturated carbocycles. The Morgan fingerprint density at radius 3 is 1.36 bits per heavy atom. The summed E-state index contributed by atoms with van der Waals surface area (Å²) in [4.78, 5) is 7.44. The average Bonchev–Trinajstić information content (AvgIpc) is 3.79. The molecule has 53 heavy (non-hydrogen) atoms. The van der Waals surface area contributed by atoms with Gasteiger partial charge in [-0.1, -0.05) is 109 Å². The lowest BCUT2D eigenvalue weighted by Gasteiger charge is -2.26. The number of aromatic nitrogens is 3. The third kappa shape index (κ3) is 5.36. The van der Waals surface area contributed by atoms with E-state index < -0.39 is 0 Å². The molecule has 10 rings (SSSR count). The minimum atomic E-state index is 0.915. The highest BCUT2D eigenvalue weighted by Crippen LogP contribution is 2.39. The molecule has 4 heteroatoms. The van der Waals surface area contributed by atoms with Crippen LogP contribution in [-0.4, -0.2) is 14.1 Å². The lowest BCUT2D eigenvalue weighted by Crippen LogP contribution is -2.10. The molecule has 0 atom stereocenters. The quantitative estimate of drug-likeness (QED) is 0.168.